The van der Waals surface area contributed by atoms with Crippen LogP contribution in [0.1, 0.15) is 25.0 Å². The summed E-state index contributed by atoms with van der Waals surface area (Å²) in [6.45, 7) is 4.52. The van der Waals surface area contributed by atoms with Crippen LogP contribution in [0, 0.1) is 0 Å². The number of aromatic nitrogens is 5. The second kappa shape index (κ2) is 10.0. The molecular formula is C41H29N5. The standard InChI is InChI=1S/C41H29N5/c1-41(2)33-22-10-9-17-28(33)29-23-24-42-37(34(29)41)40-45-38(26-15-7-4-8-16-26)44-39(46-40)32-21-12-20-31-30-19-11-18-27(35(30)43-36(31)32)25-13-5-3-6-14-25/h3-24,43H,1-2H3. The lowest BCUT2D eigenvalue weighted by Crippen LogP contribution is -2.17. The molecular weight excluding hydrogens is 562 g/mol. The Labute approximate surface area is 266 Å². The maximum absolute atomic E-state index is 5.20. The minimum Gasteiger partial charge on any atom is -0.353 e. The van der Waals surface area contributed by atoms with Gasteiger partial charge in [0.1, 0.15) is 5.69 Å². The minimum atomic E-state index is -0.264. The summed E-state index contributed by atoms with van der Waals surface area (Å²) in [4.78, 5) is 24.1. The molecule has 5 aromatic carbocycles. The van der Waals surface area contributed by atoms with Gasteiger partial charge in [0, 0.05) is 39.1 Å². The molecule has 0 saturated carbocycles. The van der Waals surface area contributed by atoms with E-state index in [2.05, 4.69) is 110 Å². The van der Waals surface area contributed by atoms with Gasteiger partial charge in [0.05, 0.1) is 11.0 Å². The van der Waals surface area contributed by atoms with E-state index in [1.54, 1.807) is 0 Å². The molecule has 3 aromatic heterocycles. The molecule has 1 N–H and O–H groups in total. The van der Waals surface area contributed by atoms with Gasteiger partial charge in [-0.2, -0.15) is 0 Å². The normalized spacial score (nSPS) is 13.2. The Kier molecular flexibility index (Phi) is 5.78. The third kappa shape index (κ3) is 3.95. The smallest absolute Gasteiger partial charge is 0.182 e. The predicted octanol–water partition coefficient (Wildman–Crippen LogP) is 9.88. The van der Waals surface area contributed by atoms with Crippen LogP contribution in [0.5, 0.6) is 0 Å². The molecule has 9 rings (SSSR count). The highest BCUT2D eigenvalue weighted by molar-refractivity contribution is 6.15. The van der Waals surface area contributed by atoms with Crippen LogP contribution in [0.3, 0.4) is 0 Å². The summed E-state index contributed by atoms with van der Waals surface area (Å²) < 4.78 is 0. The minimum absolute atomic E-state index is 0.264. The molecule has 1 aliphatic rings. The Morgan fingerprint density at radius 3 is 1.83 bits per heavy atom. The Morgan fingerprint density at radius 2 is 1.07 bits per heavy atom. The topological polar surface area (TPSA) is 67.3 Å². The number of nitrogens with one attached hydrogen (secondary N) is 1. The monoisotopic (exact) mass is 591 g/mol. The molecule has 0 atom stereocenters. The molecule has 5 nitrogen and oxygen atoms in total. The van der Waals surface area contributed by atoms with Gasteiger partial charge in [0.15, 0.2) is 17.5 Å². The SMILES string of the molecule is CC1(C)c2ccccc2-c2ccnc(-c3nc(-c4ccccc4)nc(-c4cccc5c4[nH]c4c(-c6ccccc6)cccc45)n3)c21. The molecule has 0 radical (unpaired) electrons. The molecule has 0 aliphatic heterocycles. The molecule has 1 aliphatic carbocycles. The number of rotatable bonds is 4. The van der Waals surface area contributed by atoms with Crippen LogP contribution in [0.4, 0.5) is 0 Å². The highest BCUT2D eigenvalue weighted by Crippen LogP contribution is 2.51. The van der Waals surface area contributed by atoms with Crippen molar-refractivity contribution < 1.29 is 0 Å². The van der Waals surface area contributed by atoms with Gasteiger partial charge >= 0.3 is 0 Å². The lowest BCUT2D eigenvalue weighted by molar-refractivity contribution is 0.658. The van der Waals surface area contributed by atoms with Crippen molar-refractivity contribution in [2.24, 2.45) is 0 Å². The van der Waals surface area contributed by atoms with E-state index in [1.165, 1.54) is 22.3 Å². The van der Waals surface area contributed by atoms with E-state index in [0.717, 1.165) is 49.8 Å². The number of H-pyrrole nitrogens is 1. The van der Waals surface area contributed by atoms with E-state index in [4.69, 9.17) is 19.9 Å². The highest BCUT2D eigenvalue weighted by Gasteiger charge is 2.38. The van der Waals surface area contributed by atoms with Crippen LogP contribution in [0.15, 0.2) is 134 Å². The Hall–Kier alpha value is -5.94. The zero-order valence-electron chi connectivity index (χ0n) is 25.5. The van der Waals surface area contributed by atoms with E-state index in [-0.39, 0.29) is 5.41 Å². The zero-order valence-corrected chi connectivity index (χ0v) is 25.5. The van der Waals surface area contributed by atoms with Gasteiger partial charge in [-0.25, -0.2) is 15.0 Å². The number of hydrogen-bond donors (Lipinski definition) is 1. The number of fused-ring (bicyclic) bond motifs is 6. The average molecular weight is 592 g/mol. The van der Waals surface area contributed by atoms with Crippen LogP contribution in [0.25, 0.3) is 78.4 Å². The number of nitrogens with zero attached hydrogens (tertiary/aromatic N) is 4. The molecule has 0 spiro atoms. The van der Waals surface area contributed by atoms with Crippen molar-refractivity contribution in [1.82, 2.24) is 24.9 Å². The molecule has 218 valence electrons. The van der Waals surface area contributed by atoms with Crippen LogP contribution < -0.4 is 0 Å². The first kappa shape index (κ1) is 26.5. The van der Waals surface area contributed by atoms with Crippen molar-refractivity contribution in [3.8, 4) is 56.5 Å². The van der Waals surface area contributed by atoms with E-state index in [1.807, 2.05) is 42.6 Å². The predicted molar refractivity (Wildman–Crippen MR) is 186 cm³/mol. The fraction of sp³-hybridized carbons (Fsp3) is 0.0732. The second-order valence-electron chi connectivity index (χ2n) is 12.4. The summed E-state index contributed by atoms with van der Waals surface area (Å²) >= 11 is 0. The van der Waals surface area contributed by atoms with E-state index in [9.17, 15) is 0 Å². The van der Waals surface area contributed by atoms with Crippen molar-refractivity contribution in [1.29, 1.82) is 0 Å². The summed E-state index contributed by atoms with van der Waals surface area (Å²) in [5, 5.41) is 2.29. The average Bonchev–Trinajstić information content (AvgIpc) is 3.61. The highest BCUT2D eigenvalue weighted by atomic mass is 15.0. The summed E-state index contributed by atoms with van der Waals surface area (Å²) in [5.41, 5.74) is 11.6. The molecule has 5 heteroatoms. The number of aromatic amines is 1. The second-order valence-corrected chi connectivity index (χ2v) is 12.4. The van der Waals surface area contributed by atoms with Gasteiger partial charge in [-0.3, -0.25) is 4.98 Å². The fourth-order valence-electron chi connectivity index (χ4n) is 7.20. The molecule has 0 saturated heterocycles. The van der Waals surface area contributed by atoms with Crippen LogP contribution in [0.2, 0.25) is 0 Å². The molecule has 0 bridgehead atoms. The summed E-state index contributed by atoms with van der Waals surface area (Å²) in [5.74, 6) is 1.79. The van der Waals surface area contributed by atoms with Crippen LogP contribution in [-0.2, 0) is 5.41 Å². The first-order valence-electron chi connectivity index (χ1n) is 15.6. The lowest BCUT2D eigenvalue weighted by Gasteiger charge is -2.23. The number of para-hydroxylation sites is 2. The van der Waals surface area contributed by atoms with Gasteiger partial charge < -0.3 is 4.98 Å². The van der Waals surface area contributed by atoms with Gasteiger partial charge in [-0.15, -0.1) is 0 Å². The zero-order chi connectivity index (χ0) is 30.8. The molecule has 0 unspecified atom stereocenters. The Bertz CT molecular complexity index is 2440. The Balaban J connectivity index is 1.30. The number of hydrogen-bond acceptors (Lipinski definition) is 4. The van der Waals surface area contributed by atoms with E-state index >= 15 is 0 Å². The van der Waals surface area contributed by atoms with Gasteiger partial charge in [0.2, 0.25) is 0 Å². The van der Waals surface area contributed by atoms with Crippen molar-refractivity contribution in [3.63, 3.8) is 0 Å². The maximum Gasteiger partial charge on any atom is 0.182 e. The van der Waals surface area contributed by atoms with E-state index in [0.29, 0.717) is 17.5 Å². The molecule has 0 fully saturated rings. The first-order valence-corrected chi connectivity index (χ1v) is 15.6. The van der Waals surface area contributed by atoms with Gasteiger partial charge in [-0.05, 0) is 39.9 Å². The number of benzene rings is 5. The van der Waals surface area contributed by atoms with Crippen molar-refractivity contribution in [3.05, 3.63) is 145 Å². The molecule has 3 heterocycles. The van der Waals surface area contributed by atoms with Crippen molar-refractivity contribution in [2.75, 3.05) is 0 Å². The largest absolute Gasteiger partial charge is 0.353 e. The quantitative estimate of drug-likeness (QED) is 0.221. The first-order chi connectivity index (χ1) is 22.6. The molecule has 8 aromatic rings. The lowest BCUT2D eigenvalue weighted by atomic mass is 9.81. The maximum atomic E-state index is 5.20. The fourth-order valence-corrected chi connectivity index (χ4v) is 7.20. The van der Waals surface area contributed by atoms with Crippen LogP contribution in [-0.4, -0.2) is 24.9 Å². The van der Waals surface area contributed by atoms with Gasteiger partial charge in [-0.1, -0.05) is 129 Å². The summed E-state index contributed by atoms with van der Waals surface area (Å²) in [6, 6.07) is 44.2. The van der Waals surface area contributed by atoms with Gasteiger partial charge in [0.25, 0.3) is 0 Å². The molecule has 46 heavy (non-hydrogen) atoms. The van der Waals surface area contributed by atoms with Crippen LogP contribution >= 0.6 is 0 Å². The third-order valence-corrected chi connectivity index (χ3v) is 9.34. The van der Waals surface area contributed by atoms with E-state index < -0.39 is 0 Å². The van der Waals surface area contributed by atoms with Crippen molar-refractivity contribution >= 4 is 21.8 Å². The number of pyridine rings is 1. The summed E-state index contributed by atoms with van der Waals surface area (Å²) in [7, 11) is 0. The third-order valence-electron chi connectivity index (χ3n) is 9.34. The Morgan fingerprint density at radius 1 is 0.478 bits per heavy atom. The molecule has 0 amide bonds. The summed E-state index contributed by atoms with van der Waals surface area (Å²) in [6.07, 6.45) is 1.88. The van der Waals surface area contributed by atoms with Crippen molar-refractivity contribution in [2.45, 2.75) is 19.3 Å².